The van der Waals surface area contributed by atoms with Crippen molar-refractivity contribution in [2.45, 2.75) is 33.6 Å². The normalized spacial score (nSPS) is 15.3. The Morgan fingerprint density at radius 1 is 1.08 bits per heavy atom. The third-order valence-electron chi connectivity index (χ3n) is 3.83. The van der Waals surface area contributed by atoms with Crippen molar-refractivity contribution in [1.82, 2.24) is 10.5 Å². The van der Waals surface area contributed by atoms with Crippen LogP contribution < -0.4 is 10.5 Å². The third kappa shape index (κ3) is 3.79. The van der Waals surface area contributed by atoms with E-state index in [4.69, 9.17) is 13.9 Å². The molecule has 1 radical (unpaired) electrons. The van der Waals surface area contributed by atoms with Gasteiger partial charge >= 0.3 is 17.8 Å². The zero-order valence-corrected chi connectivity index (χ0v) is 15.0. The van der Waals surface area contributed by atoms with E-state index in [1.807, 2.05) is 0 Å². The Hall–Kier alpha value is -2.62. The minimum atomic E-state index is -0.969. The lowest BCUT2D eigenvalue weighted by molar-refractivity contribution is -0.139. The standard InChI is InChI=1S/C17H20N2O7/c1-5-24-16(20)13-9(3)18-10(4)14(17(21)25-6-2)15(13)11-7-8-12(26-11)19(22)23/h7-8,15,18H,5-6H2,1-4H3/q-1. The summed E-state index contributed by atoms with van der Waals surface area (Å²) in [7, 11) is 0. The summed E-state index contributed by atoms with van der Waals surface area (Å²) in [5.41, 5.74) is 1.23. The van der Waals surface area contributed by atoms with Crippen molar-refractivity contribution in [2.24, 2.45) is 0 Å². The Morgan fingerprint density at radius 3 is 1.96 bits per heavy atom. The fourth-order valence-corrected chi connectivity index (χ4v) is 2.83. The smallest absolute Gasteiger partial charge is 0.348 e. The zero-order chi connectivity index (χ0) is 19.4. The fraction of sp³-hybridized carbons (Fsp3) is 0.412. The molecule has 0 amide bonds. The van der Waals surface area contributed by atoms with Crippen LogP contribution in [-0.2, 0) is 19.1 Å². The largest absolute Gasteiger partial charge is 0.572 e. The number of nitrogens with one attached hydrogen (secondary N) is 1. The van der Waals surface area contributed by atoms with Crippen LogP contribution in [0.5, 0.6) is 0 Å². The van der Waals surface area contributed by atoms with Crippen LogP contribution in [0.2, 0.25) is 0 Å². The van der Waals surface area contributed by atoms with Crippen LogP contribution >= 0.6 is 0 Å². The molecule has 2 rings (SSSR count). The van der Waals surface area contributed by atoms with Gasteiger partial charge in [0.2, 0.25) is 0 Å². The summed E-state index contributed by atoms with van der Waals surface area (Å²) in [6.07, 6.45) is 0. The average molecular weight is 364 g/mol. The molecule has 0 saturated heterocycles. The first-order valence-electron chi connectivity index (χ1n) is 8.08. The van der Waals surface area contributed by atoms with Gasteiger partial charge in [0.05, 0.1) is 30.3 Å². The predicted molar refractivity (Wildman–Crippen MR) is 91.8 cm³/mol. The van der Waals surface area contributed by atoms with E-state index >= 15 is 0 Å². The first-order valence-corrected chi connectivity index (χ1v) is 8.08. The second kappa shape index (κ2) is 8.17. The number of anilines is 1. The Labute approximate surface area is 150 Å². The van der Waals surface area contributed by atoms with Crippen LogP contribution in [0.4, 0.5) is 5.88 Å². The lowest BCUT2D eigenvalue weighted by atomic mass is 9.83. The highest BCUT2D eigenvalue weighted by Crippen LogP contribution is 2.40. The summed E-state index contributed by atoms with van der Waals surface area (Å²) in [6, 6.07) is 2.54. The number of allylic oxidation sites excluding steroid dienone is 2. The molecule has 0 saturated carbocycles. The van der Waals surface area contributed by atoms with E-state index in [0.29, 0.717) is 11.4 Å². The highest BCUT2D eigenvalue weighted by molar-refractivity contribution is 5.99. The number of carbonyl (C=O) groups excluding carboxylic acids is 2. The summed E-state index contributed by atoms with van der Waals surface area (Å²) in [4.78, 5) is 25.0. The molecule has 9 nitrogen and oxygen atoms in total. The molecule has 0 spiro atoms. The minimum Gasteiger partial charge on any atom is -0.572 e. The van der Waals surface area contributed by atoms with Crippen molar-refractivity contribution < 1.29 is 23.5 Å². The summed E-state index contributed by atoms with van der Waals surface area (Å²) in [5.74, 6) is -2.65. The quantitative estimate of drug-likeness (QED) is 0.601. The lowest BCUT2D eigenvalue weighted by Gasteiger charge is -2.28. The molecule has 0 fully saturated rings. The number of dihydropyridines is 1. The van der Waals surface area contributed by atoms with E-state index in [1.54, 1.807) is 27.7 Å². The molecule has 0 aromatic carbocycles. The third-order valence-corrected chi connectivity index (χ3v) is 3.83. The van der Waals surface area contributed by atoms with Gasteiger partial charge in [-0.1, -0.05) is 0 Å². The molecular weight excluding hydrogens is 344 g/mol. The van der Waals surface area contributed by atoms with Crippen molar-refractivity contribution in [1.29, 1.82) is 0 Å². The first-order chi connectivity index (χ1) is 12.3. The van der Waals surface area contributed by atoms with Gasteiger partial charge in [-0.3, -0.25) is 0 Å². The van der Waals surface area contributed by atoms with Crippen molar-refractivity contribution in [3.63, 3.8) is 0 Å². The van der Waals surface area contributed by atoms with Gasteiger partial charge in [0, 0.05) is 17.5 Å². The Bertz CT molecular complexity index is 721. The highest BCUT2D eigenvalue weighted by atomic mass is 16.8. The van der Waals surface area contributed by atoms with E-state index in [-0.39, 0.29) is 30.1 Å². The molecule has 1 aromatic rings. The first kappa shape index (κ1) is 19.7. The second-order valence-corrected chi connectivity index (χ2v) is 5.51. The van der Waals surface area contributed by atoms with Gasteiger partial charge in [0.15, 0.2) is 0 Å². The summed E-state index contributed by atoms with van der Waals surface area (Å²) in [6.45, 7) is 6.90. The van der Waals surface area contributed by atoms with Gasteiger partial charge in [-0.15, -0.1) is 0 Å². The molecule has 9 heteroatoms. The summed E-state index contributed by atoms with van der Waals surface area (Å²) in [5, 5.41) is 24.2. The topological polar surface area (TPSA) is 130 Å². The molecule has 0 bridgehead atoms. The van der Waals surface area contributed by atoms with Crippen LogP contribution in [0.25, 0.3) is 0 Å². The number of rotatable bonds is 6. The number of ether oxygens (including phenoxy) is 2. The van der Waals surface area contributed by atoms with E-state index in [1.165, 1.54) is 12.1 Å². The molecule has 0 atom stereocenters. The average Bonchev–Trinajstić information content (AvgIpc) is 3.04. The van der Waals surface area contributed by atoms with Crippen LogP contribution in [0.3, 0.4) is 0 Å². The fourth-order valence-electron chi connectivity index (χ4n) is 2.83. The molecule has 26 heavy (non-hydrogen) atoms. The zero-order valence-electron chi connectivity index (χ0n) is 15.0. The maximum absolute atomic E-state index is 12.5. The van der Waals surface area contributed by atoms with Crippen molar-refractivity contribution in [3.05, 3.63) is 50.8 Å². The highest BCUT2D eigenvalue weighted by Gasteiger charge is 2.40. The second-order valence-electron chi connectivity index (χ2n) is 5.51. The monoisotopic (exact) mass is 364 g/mol. The van der Waals surface area contributed by atoms with Gasteiger partial charge in [0.1, 0.15) is 5.76 Å². The number of nitrogens with zero attached hydrogens (tertiary/aromatic N) is 1. The maximum atomic E-state index is 12.5. The Balaban J connectivity index is 2.60. The number of furan rings is 1. The van der Waals surface area contributed by atoms with Crippen molar-refractivity contribution in [2.75, 3.05) is 13.2 Å². The van der Waals surface area contributed by atoms with E-state index in [0.717, 1.165) is 0 Å². The maximum Gasteiger partial charge on any atom is 0.348 e. The van der Waals surface area contributed by atoms with Crippen LogP contribution in [0.1, 0.15) is 39.4 Å². The van der Waals surface area contributed by atoms with E-state index in [2.05, 4.69) is 5.32 Å². The molecular formula is C17H20N2O7-. The molecule has 1 aliphatic heterocycles. The molecule has 141 valence electrons. The SMILES string of the molecule is CCOC(=O)C1=C(C)NC(C)=C(C(=O)OCC)C1c1ccc([N+]([O-])[O-])o1. The molecule has 1 N–H and O–H groups in total. The van der Waals surface area contributed by atoms with Gasteiger partial charge in [-0.25, -0.2) is 9.59 Å². The summed E-state index contributed by atoms with van der Waals surface area (Å²) < 4.78 is 15.5. The Morgan fingerprint density at radius 2 is 1.58 bits per heavy atom. The Kier molecular flexibility index (Phi) is 6.19. The molecule has 2 heterocycles. The van der Waals surface area contributed by atoms with E-state index < -0.39 is 29.0 Å². The lowest BCUT2D eigenvalue weighted by Crippen LogP contribution is -2.32. The number of hydrogen-bond acceptors (Lipinski definition) is 9. The van der Waals surface area contributed by atoms with Gasteiger partial charge in [-0.2, -0.15) is 5.23 Å². The van der Waals surface area contributed by atoms with Crippen LogP contribution in [0.15, 0.2) is 39.1 Å². The predicted octanol–water partition coefficient (Wildman–Crippen LogP) is 2.41. The molecule has 0 aliphatic carbocycles. The van der Waals surface area contributed by atoms with Gasteiger partial charge in [-0.05, 0) is 33.8 Å². The number of esters is 2. The summed E-state index contributed by atoms with van der Waals surface area (Å²) >= 11 is 0. The molecule has 0 unspecified atom stereocenters. The van der Waals surface area contributed by atoms with E-state index in [9.17, 15) is 20.0 Å². The number of carbonyl (C=O) groups is 2. The van der Waals surface area contributed by atoms with Crippen LogP contribution in [-0.4, -0.2) is 25.2 Å². The van der Waals surface area contributed by atoms with Crippen molar-refractivity contribution in [3.8, 4) is 0 Å². The van der Waals surface area contributed by atoms with Crippen molar-refractivity contribution >= 4 is 17.8 Å². The van der Waals surface area contributed by atoms with Crippen LogP contribution in [0, 0.1) is 10.4 Å². The minimum absolute atomic E-state index is 0.0861. The van der Waals surface area contributed by atoms with Gasteiger partial charge in [0.25, 0.3) is 0 Å². The van der Waals surface area contributed by atoms with Gasteiger partial charge < -0.3 is 29.6 Å². The molecule has 1 aliphatic rings. The molecule has 1 aromatic heterocycles. The number of hydrogen-bond donors (Lipinski definition) is 1.